The van der Waals surface area contributed by atoms with E-state index in [1.54, 1.807) is 23.9 Å². The standard InChI is InChI=1S/C17H19ClN4OS/c1-2-9-22-16(12-6-7-12)20-21-17(22)24-10-8-15(23)19-14-5-3-4-13(18)11-14/h2-5,11-12H,1,6-10H2,(H,19,23). The lowest BCUT2D eigenvalue weighted by Gasteiger charge is -2.07. The Labute approximate surface area is 150 Å². The first-order chi connectivity index (χ1) is 11.7. The van der Waals surface area contributed by atoms with Crippen LogP contribution in [0.25, 0.3) is 0 Å². The normalized spacial score (nSPS) is 13.7. The minimum Gasteiger partial charge on any atom is -0.326 e. The first kappa shape index (κ1) is 17.0. The SMILES string of the molecule is C=CCn1c(SCCC(=O)Nc2cccc(Cl)c2)nnc1C1CC1. The van der Waals surface area contributed by atoms with Crippen LogP contribution in [0.2, 0.25) is 5.02 Å². The van der Waals surface area contributed by atoms with Crippen molar-refractivity contribution >= 4 is 35.0 Å². The fourth-order valence-electron chi connectivity index (χ4n) is 2.38. The molecule has 3 rings (SSSR count). The Bertz CT molecular complexity index is 742. The minimum atomic E-state index is -0.0398. The van der Waals surface area contributed by atoms with Gasteiger partial charge >= 0.3 is 0 Å². The van der Waals surface area contributed by atoms with Crippen LogP contribution < -0.4 is 5.32 Å². The first-order valence-corrected chi connectivity index (χ1v) is 9.26. The second-order valence-electron chi connectivity index (χ2n) is 5.67. The molecule has 1 heterocycles. The fraction of sp³-hybridized carbons (Fsp3) is 0.353. The Morgan fingerprint density at radius 2 is 2.29 bits per heavy atom. The topological polar surface area (TPSA) is 59.8 Å². The van der Waals surface area contributed by atoms with Crippen LogP contribution in [0.15, 0.2) is 42.1 Å². The van der Waals surface area contributed by atoms with E-state index in [2.05, 4.69) is 26.7 Å². The molecule has 1 aliphatic carbocycles. The van der Waals surface area contributed by atoms with Crippen molar-refractivity contribution in [1.29, 1.82) is 0 Å². The van der Waals surface area contributed by atoms with Crippen molar-refractivity contribution in [1.82, 2.24) is 14.8 Å². The van der Waals surface area contributed by atoms with E-state index >= 15 is 0 Å². The number of benzene rings is 1. The lowest BCUT2D eigenvalue weighted by molar-refractivity contribution is -0.115. The number of nitrogens with one attached hydrogen (secondary N) is 1. The molecule has 0 unspecified atom stereocenters. The molecule has 0 spiro atoms. The summed E-state index contributed by atoms with van der Waals surface area (Å²) < 4.78 is 2.10. The molecule has 7 heteroatoms. The molecule has 2 aromatic rings. The number of allylic oxidation sites excluding steroid dienone is 1. The molecule has 1 aliphatic rings. The van der Waals surface area contributed by atoms with Gasteiger partial charge in [-0.05, 0) is 31.0 Å². The predicted molar refractivity (Wildman–Crippen MR) is 97.6 cm³/mol. The summed E-state index contributed by atoms with van der Waals surface area (Å²) in [6, 6.07) is 7.13. The van der Waals surface area contributed by atoms with Crippen LogP contribution in [0.3, 0.4) is 0 Å². The van der Waals surface area contributed by atoms with Crippen LogP contribution in [-0.2, 0) is 11.3 Å². The van der Waals surface area contributed by atoms with Gasteiger partial charge in [0.15, 0.2) is 5.16 Å². The maximum absolute atomic E-state index is 12.0. The van der Waals surface area contributed by atoms with Gasteiger partial charge in [0.25, 0.3) is 0 Å². The minimum absolute atomic E-state index is 0.0398. The van der Waals surface area contributed by atoms with Gasteiger partial charge in [0.05, 0.1) is 0 Å². The van der Waals surface area contributed by atoms with E-state index in [1.165, 1.54) is 12.8 Å². The second-order valence-corrected chi connectivity index (χ2v) is 7.17. The molecule has 1 fully saturated rings. The van der Waals surface area contributed by atoms with Crippen molar-refractivity contribution in [2.24, 2.45) is 0 Å². The number of thioether (sulfide) groups is 1. The van der Waals surface area contributed by atoms with Gasteiger partial charge < -0.3 is 9.88 Å². The smallest absolute Gasteiger partial charge is 0.225 e. The Kier molecular flexibility index (Phi) is 5.58. The largest absolute Gasteiger partial charge is 0.326 e. The quantitative estimate of drug-likeness (QED) is 0.567. The number of hydrogen-bond acceptors (Lipinski definition) is 4. The van der Waals surface area contributed by atoms with Gasteiger partial charge in [-0.3, -0.25) is 4.79 Å². The average molecular weight is 363 g/mol. The summed E-state index contributed by atoms with van der Waals surface area (Å²) in [4.78, 5) is 12.0. The van der Waals surface area contributed by atoms with Crippen molar-refractivity contribution in [3.05, 3.63) is 47.8 Å². The van der Waals surface area contributed by atoms with Crippen molar-refractivity contribution < 1.29 is 4.79 Å². The Hall–Kier alpha value is -1.79. The number of amides is 1. The summed E-state index contributed by atoms with van der Waals surface area (Å²) >= 11 is 7.46. The molecule has 0 saturated heterocycles. The van der Waals surface area contributed by atoms with E-state index in [0.717, 1.165) is 11.0 Å². The van der Waals surface area contributed by atoms with Crippen molar-refractivity contribution in [3.63, 3.8) is 0 Å². The molecule has 0 radical (unpaired) electrons. The van der Waals surface area contributed by atoms with E-state index in [4.69, 9.17) is 11.6 Å². The van der Waals surface area contributed by atoms with Crippen molar-refractivity contribution in [2.75, 3.05) is 11.1 Å². The lowest BCUT2D eigenvalue weighted by atomic mass is 10.3. The summed E-state index contributed by atoms with van der Waals surface area (Å²) in [6.07, 6.45) is 4.62. The number of carbonyl (C=O) groups is 1. The average Bonchev–Trinajstić information content (AvgIpc) is 3.31. The van der Waals surface area contributed by atoms with Gasteiger partial charge in [0.2, 0.25) is 5.91 Å². The van der Waals surface area contributed by atoms with Crippen molar-refractivity contribution in [3.8, 4) is 0 Å². The highest BCUT2D eigenvalue weighted by molar-refractivity contribution is 7.99. The summed E-state index contributed by atoms with van der Waals surface area (Å²) in [5.74, 6) is 2.19. The number of rotatable bonds is 8. The highest BCUT2D eigenvalue weighted by Crippen LogP contribution is 2.40. The molecular formula is C17H19ClN4OS. The van der Waals surface area contributed by atoms with Crippen LogP contribution in [0.4, 0.5) is 5.69 Å². The molecule has 1 aromatic heterocycles. The number of carbonyl (C=O) groups excluding carboxylic acids is 1. The van der Waals surface area contributed by atoms with Gasteiger partial charge in [-0.2, -0.15) is 0 Å². The Morgan fingerprint density at radius 1 is 1.46 bits per heavy atom. The van der Waals surface area contributed by atoms with Gasteiger partial charge in [-0.15, -0.1) is 16.8 Å². The molecule has 1 amide bonds. The number of anilines is 1. The highest BCUT2D eigenvalue weighted by atomic mass is 35.5. The molecule has 1 N–H and O–H groups in total. The van der Waals surface area contributed by atoms with Gasteiger partial charge in [-0.25, -0.2) is 0 Å². The maximum Gasteiger partial charge on any atom is 0.225 e. The monoisotopic (exact) mass is 362 g/mol. The van der Waals surface area contributed by atoms with Crippen LogP contribution in [0.1, 0.15) is 31.0 Å². The number of hydrogen-bond donors (Lipinski definition) is 1. The molecule has 0 aliphatic heterocycles. The molecule has 126 valence electrons. The zero-order chi connectivity index (χ0) is 16.9. The van der Waals surface area contributed by atoms with Crippen LogP contribution in [-0.4, -0.2) is 26.4 Å². The summed E-state index contributed by atoms with van der Waals surface area (Å²) in [5.41, 5.74) is 0.711. The van der Waals surface area contributed by atoms with Gasteiger partial charge in [0.1, 0.15) is 5.82 Å². The predicted octanol–water partition coefficient (Wildman–Crippen LogP) is 4.12. The Morgan fingerprint density at radius 3 is 3.00 bits per heavy atom. The van der Waals surface area contributed by atoms with Crippen molar-refractivity contribution in [2.45, 2.75) is 36.9 Å². The number of aromatic nitrogens is 3. The summed E-state index contributed by atoms with van der Waals surface area (Å²) in [6.45, 7) is 4.50. The van der Waals surface area contributed by atoms with E-state index in [0.29, 0.717) is 35.3 Å². The van der Waals surface area contributed by atoms with Gasteiger partial charge in [0, 0.05) is 35.3 Å². The van der Waals surface area contributed by atoms with Crippen LogP contribution in [0.5, 0.6) is 0 Å². The third-order valence-corrected chi connectivity index (χ3v) is 4.87. The third-order valence-electron chi connectivity index (χ3n) is 3.67. The van der Waals surface area contributed by atoms with E-state index in [9.17, 15) is 4.79 Å². The highest BCUT2D eigenvalue weighted by Gasteiger charge is 2.30. The fourth-order valence-corrected chi connectivity index (χ4v) is 3.46. The maximum atomic E-state index is 12.0. The first-order valence-electron chi connectivity index (χ1n) is 7.89. The third kappa shape index (κ3) is 4.39. The molecule has 1 aromatic carbocycles. The zero-order valence-electron chi connectivity index (χ0n) is 13.2. The second kappa shape index (κ2) is 7.85. The van der Waals surface area contributed by atoms with E-state index in [1.807, 2.05) is 18.2 Å². The van der Waals surface area contributed by atoms with Gasteiger partial charge in [-0.1, -0.05) is 35.5 Å². The van der Waals surface area contributed by atoms with E-state index in [-0.39, 0.29) is 5.91 Å². The summed E-state index contributed by atoms with van der Waals surface area (Å²) in [7, 11) is 0. The van der Waals surface area contributed by atoms with Crippen LogP contribution >= 0.6 is 23.4 Å². The molecule has 0 bridgehead atoms. The number of nitrogens with zero attached hydrogens (tertiary/aromatic N) is 3. The number of halogens is 1. The van der Waals surface area contributed by atoms with Crippen LogP contribution in [0, 0.1) is 0 Å². The molecule has 1 saturated carbocycles. The summed E-state index contributed by atoms with van der Waals surface area (Å²) in [5, 5.41) is 12.9. The molecule has 0 atom stereocenters. The molecule has 24 heavy (non-hydrogen) atoms. The molecule has 5 nitrogen and oxygen atoms in total. The molecular weight excluding hydrogens is 344 g/mol. The lowest BCUT2D eigenvalue weighted by Crippen LogP contribution is -2.12. The zero-order valence-corrected chi connectivity index (χ0v) is 14.8. The van der Waals surface area contributed by atoms with E-state index < -0.39 is 0 Å². The Balaban J connectivity index is 1.52.